The second kappa shape index (κ2) is 4.75. The molecule has 3 rings (SSSR count). The topological polar surface area (TPSA) is 77.8 Å². The first kappa shape index (κ1) is 11.8. The van der Waals surface area contributed by atoms with E-state index in [0.717, 1.165) is 14.6 Å². The van der Waals surface area contributed by atoms with E-state index in [1.807, 2.05) is 18.2 Å². The van der Waals surface area contributed by atoms with Gasteiger partial charge in [-0.3, -0.25) is 0 Å². The summed E-state index contributed by atoms with van der Waals surface area (Å²) in [7, 11) is 0. The molecule has 2 aromatic heterocycles. The van der Waals surface area contributed by atoms with Gasteiger partial charge in [-0.25, -0.2) is 9.61 Å². The maximum Gasteiger partial charge on any atom is 0.192 e. The molecule has 0 bridgehead atoms. The van der Waals surface area contributed by atoms with E-state index in [0.29, 0.717) is 22.3 Å². The average Bonchev–Trinajstić information content (AvgIpc) is 2.92. The predicted octanol–water partition coefficient (Wildman–Crippen LogP) is 3.21. The number of hydrogen-bond donors (Lipinski definition) is 1. The van der Waals surface area contributed by atoms with Gasteiger partial charge < -0.3 is 5.73 Å². The molecule has 0 unspecified atom stereocenters. The van der Waals surface area contributed by atoms with Gasteiger partial charge in [0, 0.05) is 5.02 Å². The van der Waals surface area contributed by atoms with Crippen LogP contribution < -0.4 is 5.73 Å². The van der Waals surface area contributed by atoms with E-state index in [4.69, 9.17) is 17.3 Å². The van der Waals surface area contributed by atoms with Gasteiger partial charge in [-0.1, -0.05) is 28.5 Å². The van der Waals surface area contributed by atoms with Crippen molar-refractivity contribution in [3.63, 3.8) is 0 Å². The van der Waals surface area contributed by atoms with E-state index in [2.05, 4.69) is 19.9 Å². The Morgan fingerprint density at radius 3 is 3.06 bits per heavy atom. The van der Waals surface area contributed by atoms with Gasteiger partial charge in [0.15, 0.2) is 10.2 Å². The third-order valence-electron chi connectivity index (χ3n) is 2.25. The zero-order valence-electron chi connectivity index (χ0n) is 8.96. The fraction of sp³-hybridized carbons (Fsp3) is 0.100. The average molecular weight is 299 g/mol. The first-order valence-corrected chi connectivity index (χ1v) is 7.16. The number of nitrogens with zero attached hydrogens (tertiary/aromatic N) is 3. The molecule has 0 fully saturated rings. The maximum atomic E-state index is 5.92. The summed E-state index contributed by atoms with van der Waals surface area (Å²) in [6.45, 7) is 0. The number of rotatable bonds is 3. The van der Waals surface area contributed by atoms with E-state index in [9.17, 15) is 0 Å². The van der Waals surface area contributed by atoms with Crippen molar-refractivity contribution in [1.82, 2.24) is 15.3 Å². The predicted molar refractivity (Wildman–Crippen MR) is 72.9 cm³/mol. The van der Waals surface area contributed by atoms with Crippen LogP contribution in [0.5, 0.6) is 0 Å². The smallest absolute Gasteiger partial charge is 0.192 e. The number of anilines is 1. The maximum absolute atomic E-state index is 5.92. The van der Waals surface area contributed by atoms with Crippen LogP contribution >= 0.6 is 34.7 Å². The van der Waals surface area contributed by atoms with Crippen molar-refractivity contribution < 1.29 is 4.63 Å². The minimum Gasteiger partial charge on any atom is -0.379 e. The van der Waals surface area contributed by atoms with Crippen molar-refractivity contribution in [1.29, 1.82) is 0 Å². The molecule has 3 aromatic rings. The number of fused-ring (bicyclic) bond motifs is 1. The Bertz CT molecular complexity index is 696. The molecule has 0 atom stereocenters. The van der Waals surface area contributed by atoms with E-state index in [1.165, 1.54) is 0 Å². The largest absolute Gasteiger partial charge is 0.379 e. The molecule has 0 aliphatic heterocycles. The molecule has 2 heterocycles. The van der Waals surface area contributed by atoms with Crippen LogP contribution in [0.4, 0.5) is 5.82 Å². The SMILES string of the molecule is Nc1nonc1CSc1nc2cc(Cl)ccc2s1. The van der Waals surface area contributed by atoms with Crippen molar-refractivity contribution in [2.24, 2.45) is 0 Å². The van der Waals surface area contributed by atoms with Crippen LogP contribution in [0.15, 0.2) is 27.2 Å². The van der Waals surface area contributed by atoms with Crippen molar-refractivity contribution in [2.75, 3.05) is 5.73 Å². The highest BCUT2D eigenvalue weighted by atomic mass is 35.5. The van der Waals surface area contributed by atoms with Crippen LogP contribution in [0.25, 0.3) is 10.2 Å². The lowest BCUT2D eigenvalue weighted by Gasteiger charge is -1.91. The molecule has 1 aromatic carbocycles. The molecular weight excluding hydrogens is 292 g/mol. The Morgan fingerprint density at radius 1 is 1.39 bits per heavy atom. The van der Waals surface area contributed by atoms with Gasteiger partial charge in [0.1, 0.15) is 5.69 Å². The lowest BCUT2D eigenvalue weighted by Crippen LogP contribution is -1.90. The molecule has 0 saturated carbocycles. The molecule has 0 saturated heterocycles. The third kappa shape index (κ3) is 2.29. The second-order valence-corrected chi connectivity index (χ2v) is 6.17. The summed E-state index contributed by atoms with van der Waals surface area (Å²) >= 11 is 9.07. The summed E-state index contributed by atoms with van der Waals surface area (Å²) in [6, 6.07) is 5.67. The minimum absolute atomic E-state index is 0.326. The number of thioether (sulfide) groups is 1. The van der Waals surface area contributed by atoms with Gasteiger partial charge in [0.25, 0.3) is 0 Å². The lowest BCUT2D eigenvalue weighted by molar-refractivity contribution is 0.306. The highest BCUT2D eigenvalue weighted by Gasteiger charge is 2.09. The Labute approximate surface area is 115 Å². The van der Waals surface area contributed by atoms with Crippen LogP contribution in [0.2, 0.25) is 5.02 Å². The van der Waals surface area contributed by atoms with E-state index < -0.39 is 0 Å². The Balaban J connectivity index is 1.81. The van der Waals surface area contributed by atoms with Crippen molar-refractivity contribution in [3.8, 4) is 0 Å². The molecule has 5 nitrogen and oxygen atoms in total. The Morgan fingerprint density at radius 2 is 2.28 bits per heavy atom. The van der Waals surface area contributed by atoms with E-state index in [1.54, 1.807) is 23.1 Å². The number of halogens is 1. The zero-order chi connectivity index (χ0) is 12.5. The Hall–Kier alpha value is -1.31. The quantitative estimate of drug-likeness (QED) is 0.748. The summed E-state index contributed by atoms with van der Waals surface area (Å²) in [5.41, 5.74) is 7.12. The van der Waals surface area contributed by atoms with E-state index >= 15 is 0 Å². The molecule has 0 spiro atoms. The molecule has 2 N–H and O–H groups in total. The number of aromatic nitrogens is 3. The molecule has 0 aliphatic rings. The summed E-state index contributed by atoms with van der Waals surface area (Å²) in [5, 5.41) is 7.94. The summed E-state index contributed by atoms with van der Waals surface area (Å²) < 4.78 is 6.58. The van der Waals surface area contributed by atoms with Gasteiger partial charge in [0.05, 0.1) is 16.0 Å². The Kier molecular flexibility index (Phi) is 3.11. The van der Waals surface area contributed by atoms with Gasteiger partial charge in [-0.05, 0) is 23.4 Å². The third-order valence-corrected chi connectivity index (χ3v) is 4.67. The number of nitrogen functional groups attached to an aromatic ring is 1. The van der Waals surface area contributed by atoms with Crippen molar-refractivity contribution >= 4 is 50.7 Å². The lowest BCUT2D eigenvalue weighted by atomic mass is 10.3. The van der Waals surface area contributed by atoms with Gasteiger partial charge in [-0.2, -0.15) is 0 Å². The van der Waals surface area contributed by atoms with Crippen LogP contribution in [0.3, 0.4) is 0 Å². The highest BCUT2D eigenvalue weighted by Crippen LogP contribution is 2.32. The monoisotopic (exact) mass is 298 g/mol. The number of nitrogens with two attached hydrogens (primary N) is 1. The zero-order valence-corrected chi connectivity index (χ0v) is 11.3. The first-order chi connectivity index (χ1) is 8.72. The summed E-state index contributed by atoms with van der Waals surface area (Å²) in [6.07, 6.45) is 0. The van der Waals surface area contributed by atoms with Crippen LogP contribution in [-0.4, -0.2) is 15.3 Å². The molecular formula is C10H7ClN4OS2. The summed E-state index contributed by atoms with van der Waals surface area (Å²) in [5.74, 6) is 0.912. The normalized spacial score (nSPS) is 11.2. The standard InChI is InChI=1S/C10H7ClN4OS2/c11-5-1-2-8-6(3-5)13-10(18-8)17-4-7-9(12)15-16-14-7/h1-3H,4H2,(H2,12,15). The molecule has 18 heavy (non-hydrogen) atoms. The molecule has 92 valence electrons. The molecule has 0 amide bonds. The first-order valence-electron chi connectivity index (χ1n) is 4.98. The summed E-state index contributed by atoms with van der Waals surface area (Å²) in [4.78, 5) is 4.48. The second-order valence-electron chi connectivity index (χ2n) is 3.48. The molecule has 8 heteroatoms. The highest BCUT2D eigenvalue weighted by molar-refractivity contribution is 8.00. The fourth-order valence-electron chi connectivity index (χ4n) is 1.38. The van der Waals surface area contributed by atoms with E-state index in [-0.39, 0.29) is 0 Å². The fourth-order valence-corrected chi connectivity index (χ4v) is 3.53. The van der Waals surface area contributed by atoms with Gasteiger partial charge in [-0.15, -0.1) is 11.3 Å². The molecule has 0 aliphatic carbocycles. The number of hydrogen-bond acceptors (Lipinski definition) is 7. The number of thiazole rings is 1. The number of benzene rings is 1. The van der Waals surface area contributed by atoms with Crippen LogP contribution in [0.1, 0.15) is 5.69 Å². The van der Waals surface area contributed by atoms with Crippen molar-refractivity contribution in [3.05, 3.63) is 28.9 Å². The van der Waals surface area contributed by atoms with Crippen LogP contribution in [0, 0.1) is 0 Å². The molecule has 0 radical (unpaired) electrons. The van der Waals surface area contributed by atoms with Crippen LogP contribution in [-0.2, 0) is 5.75 Å². The van der Waals surface area contributed by atoms with Gasteiger partial charge >= 0.3 is 0 Å². The van der Waals surface area contributed by atoms with Gasteiger partial charge in [0.2, 0.25) is 0 Å². The minimum atomic E-state index is 0.326. The van der Waals surface area contributed by atoms with Crippen molar-refractivity contribution in [2.45, 2.75) is 10.1 Å².